The molecule has 0 spiro atoms. The fourth-order valence-corrected chi connectivity index (χ4v) is 4.28. The molecule has 1 atom stereocenters. The van der Waals surface area contributed by atoms with Crippen LogP contribution in [-0.2, 0) is 6.61 Å². The van der Waals surface area contributed by atoms with Crippen LogP contribution < -0.4 is 14.8 Å². The molecule has 3 rings (SSSR count). The molecule has 0 radical (unpaired) electrons. The van der Waals surface area contributed by atoms with Crippen molar-refractivity contribution in [3.63, 3.8) is 0 Å². The van der Waals surface area contributed by atoms with E-state index in [0.717, 1.165) is 21.6 Å². The van der Waals surface area contributed by atoms with Crippen molar-refractivity contribution in [2.45, 2.75) is 13.5 Å². The van der Waals surface area contributed by atoms with Crippen molar-refractivity contribution in [2.75, 3.05) is 7.11 Å². The molecule has 0 fully saturated rings. The number of carboxylic acids is 1. The average molecular weight is 404 g/mol. The molecule has 1 heterocycles. The van der Waals surface area contributed by atoms with Gasteiger partial charge in [-0.3, -0.25) is 0 Å². The summed E-state index contributed by atoms with van der Waals surface area (Å²) in [7, 11) is 3.96. The van der Waals surface area contributed by atoms with Gasteiger partial charge in [-0.1, -0.05) is 18.2 Å². The van der Waals surface area contributed by atoms with Crippen LogP contribution in [0.15, 0.2) is 36.9 Å². The summed E-state index contributed by atoms with van der Waals surface area (Å²) in [5, 5.41) is 10.8. The number of allylic oxidation sites excluding steroid dienone is 1. The minimum Gasteiger partial charge on any atom is -0.496 e. The molecule has 1 N–H and O–H groups in total. The highest BCUT2D eigenvalue weighted by Gasteiger charge is 2.22. The molecular formula is C20H18FO4PS. The smallest absolute Gasteiger partial charge is 0.346 e. The van der Waals surface area contributed by atoms with Gasteiger partial charge in [-0.25, -0.2) is 9.18 Å². The molecule has 0 aliphatic rings. The Morgan fingerprint density at radius 1 is 1.37 bits per heavy atom. The van der Waals surface area contributed by atoms with Gasteiger partial charge in [0, 0.05) is 21.0 Å². The third-order valence-corrected chi connectivity index (χ3v) is 5.73. The van der Waals surface area contributed by atoms with E-state index < -0.39 is 11.8 Å². The van der Waals surface area contributed by atoms with Crippen LogP contribution in [0.5, 0.6) is 11.5 Å². The van der Waals surface area contributed by atoms with Crippen LogP contribution >= 0.6 is 20.6 Å². The standard InChI is InChI=1S/C20H18FO4PS/c1-10(2)11-7-13(21)18(15(26)8-11)25-9-12-17-14(24-3)5-4-6-16(17)27-19(12)20(22)23/h4-8H,1,9,26H2,2-3H3,(H,22,23). The molecular weight excluding hydrogens is 386 g/mol. The molecule has 27 heavy (non-hydrogen) atoms. The number of hydrogen-bond donors (Lipinski definition) is 1. The zero-order chi connectivity index (χ0) is 19.7. The van der Waals surface area contributed by atoms with Crippen molar-refractivity contribution < 1.29 is 23.8 Å². The highest BCUT2D eigenvalue weighted by Crippen LogP contribution is 2.38. The van der Waals surface area contributed by atoms with Gasteiger partial charge in [-0.2, -0.15) is 0 Å². The molecule has 0 saturated heterocycles. The minimum atomic E-state index is -1.05. The highest BCUT2D eigenvalue weighted by molar-refractivity contribution is 7.27. The third-order valence-electron chi connectivity index (χ3n) is 4.12. The second kappa shape index (κ2) is 7.67. The lowest BCUT2D eigenvalue weighted by Crippen LogP contribution is -2.09. The van der Waals surface area contributed by atoms with Gasteiger partial charge in [0.2, 0.25) is 0 Å². The lowest BCUT2D eigenvalue weighted by molar-refractivity contribution is 0.0699. The van der Waals surface area contributed by atoms with Crippen molar-refractivity contribution in [2.24, 2.45) is 0 Å². The predicted octanol–water partition coefficient (Wildman–Crippen LogP) is 4.86. The van der Waals surface area contributed by atoms with Crippen molar-refractivity contribution >= 4 is 47.5 Å². The zero-order valence-electron chi connectivity index (χ0n) is 14.8. The summed E-state index contributed by atoms with van der Waals surface area (Å²) >= 11 is 1.14. The van der Waals surface area contributed by atoms with Crippen LogP contribution in [0, 0.1) is 5.82 Å². The third kappa shape index (κ3) is 3.68. The lowest BCUT2D eigenvalue weighted by Gasteiger charge is -2.13. The molecule has 7 heteroatoms. The number of thiophene rings is 1. The van der Waals surface area contributed by atoms with Crippen molar-refractivity contribution in [3.8, 4) is 11.5 Å². The Kier molecular flexibility index (Phi) is 5.49. The molecule has 0 aliphatic heterocycles. The fourth-order valence-electron chi connectivity index (χ4n) is 2.82. The molecule has 1 unspecified atom stereocenters. The predicted molar refractivity (Wildman–Crippen MR) is 110 cm³/mol. The van der Waals surface area contributed by atoms with Crippen LogP contribution in [0.4, 0.5) is 4.39 Å². The van der Waals surface area contributed by atoms with Crippen molar-refractivity contribution in [1.82, 2.24) is 0 Å². The van der Waals surface area contributed by atoms with E-state index >= 15 is 0 Å². The number of carbonyl (C=O) groups is 1. The number of rotatable bonds is 6. The van der Waals surface area contributed by atoms with Crippen LogP contribution in [0.1, 0.15) is 27.7 Å². The van der Waals surface area contributed by atoms with E-state index in [4.69, 9.17) is 9.47 Å². The molecule has 0 bridgehead atoms. The largest absolute Gasteiger partial charge is 0.496 e. The monoisotopic (exact) mass is 404 g/mol. The Hall–Kier alpha value is -2.43. The van der Waals surface area contributed by atoms with E-state index in [-0.39, 0.29) is 17.2 Å². The van der Waals surface area contributed by atoms with Gasteiger partial charge in [-0.15, -0.1) is 20.6 Å². The number of methoxy groups -OCH3 is 1. The topological polar surface area (TPSA) is 55.8 Å². The maximum atomic E-state index is 14.5. The maximum Gasteiger partial charge on any atom is 0.346 e. The van der Waals surface area contributed by atoms with Gasteiger partial charge in [0.1, 0.15) is 17.2 Å². The Labute approximate surface area is 162 Å². The quantitative estimate of drug-likeness (QED) is 0.596. The number of hydrogen-bond acceptors (Lipinski definition) is 4. The van der Waals surface area contributed by atoms with Gasteiger partial charge >= 0.3 is 5.97 Å². The molecule has 140 valence electrons. The number of carboxylic acid groups (broad SMARTS) is 1. The molecule has 3 aromatic rings. The second-order valence-electron chi connectivity index (χ2n) is 5.99. The number of benzene rings is 2. The summed E-state index contributed by atoms with van der Waals surface area (Å²) in [6, 6.07) is 8.49. The van der Waals surface area contributed by atoms with E-state index in [1.807, 2.05) is 6.07 Å². The summed E-state index contributed by atoms with van der Waals surface area (Å²) in [5.41, 5.74) is 1.89. The Bertz CT molecular complexity index is 1030. The van der Waals surface area contributed by atoms with Gasteiger partial charge in [0.15, 0.2) is 11.6 Å². The summed E-state index contributed by atoms with van der Waals surface area (Å²) in [5.74, 6) is -0.959. The lowest BCUT2D eigenvalue weighted by atomic mass is 10.1. The molecule has 0 saturated carbocycles. The number of ether oxygens (including phenoxy) is 2. The highest BCUT2D eigenvalue weighted by atomic mass is 32.1. The SMILES string of the molecule is C=C(C)c1cc(F)c(OCc2c(C(=O)O)sc3cccc(OC)c23)c(P)c1. The normalized spacial score (nSPS) is 10.8. The Balaban J connectivity index is 2.04. The first kappa shape index (κ1) is 19.3. The minimum absolute atomic E-state index is 0.0654. The van der Waals surface area contributed by atoms with E-state index in [0.29, 0.717) is 27.6 Å². The summed E-state index contributed by atoms with van der Waals surface area (Å²) < 4.78 is 26.4. The first-order valence-corrected chi connectivity index (χ1v) is 9.42. The van der Waals surface area contributed by atoms with Crippen LogP contribution in [0.3, 0.4) is 0 Å². The zero-order valence-corrected chi connectivity index (χ0v) is 16.8. The Morgan fingerprint density at radius 3 is 2.70 bits per heavy atom. The summed E-state index contributed by atoms with van der Waals surface area (Å²) in [4.78, 5) is 11.8. The molecule has 4 nitrogen and oxygen atoms in total. The molecule has 1 aromatic heterocycles. The Morgan fingerprint density at radius 2 is 2.11 bits per heavy atom. The van der Waals surface area contributed by atoms with Crippen molar-refractivity contribution in [1.29, 1.82) is 0 Å². The first-order chi connectivity index (χ1) is 12.8. The second-order valence-corrected chi connectivity index (χ2v) is 7.67. The fraction of sp³-hybridized carbons (Fsp3) is 0.150. The summed E-state index contributed by atoms with van der Waals surface area (Å²) in [6.07, 6.45) is 0. The number of aromatic carboxylic acids is 1. The number of halogens is 1. The van der Waals surface area contributed by atoms with E-state index in [1.54, 1.807) is 25.1 Å². The molecule has 0 aliphatic carbocycles. The van der Waals surface area contributed by atoms with Gasteiger partial charge in [0.05, 0.1) is 7.11 Å². The average Bonchev–Trinajstić information content (AvgIpc) is 3.00. The van der Waals surface area contributed by atoms with Gasteiger partial charge < -0.3 is 14.6 Å². The maximum absolute atomic E-state index is 14.5. The van der Waals surface area contributed by atoms with E-state index in [9.17, 15) is 14.3 Å². The summed E-state index contributed by atoms with van der Waals surface area (Å²) in [6.45, 7) is 5.52. The van der Waals surface area contributed by atoms with Gasteiger partial charge in [0.25, 0.3) is 0 Å². The van der Waals surface area contributed by atoms with E-state index in [2.05, 4.69) is 15.8 Å². The molecule has 2 aromatic carbocycles. The van der Waals surface area contributed by atoms with E-state index in [1.165, 1.54) is 13.2 Å². The molecule has 0 amide bonds. The van der Waals surface area contributed by atoms with Crippen LogP contribution in [0.25, 0.3) is 15.7 Å². The van der Waals surface area contributed by atoms with Crippen molar-refractivity contribution in [3.05, 3.63) is 58.7 Å². The number of fused-ring (bicyclic) bond motifs is 1. The first-order valence-electron chi connectivity index (χ1n) is 8.02. The van der Waals surface area contributed by atoms with Crippen LogP contribution in [0.2, 0.25) is 0 Å². The van der Waals surface area contributed by atoms with Crippen LogP contribution in [-0.4, -0.2) is 18.2 Å². The van der Waals surface area contributed by atoms with Gasteiger partial charge in [-0.05, 0) is 36.8 Å².